The number of aromatic nitrogens is 3. The molecule has 0 aliphatic heterocycles. The van der Waals surface area contributed by atoms with Gasteiger partial charge in [0, 0.05) is 13.0 Å². The number of nitrogens with zero attached hydrogens (tertiary/aromatic N) is 3. The second-order valence-corrected chi connectivity index (χ2v) is 5.66. The van der Waals surface area contributed by atoms with Crippen LogP contribution in [0.1, 0.15) is 49.0 Å². The number of unbranched alkanes of at least 4 members (excludes halogenated alkanes) is 4. The largest absolute Gasteiger partial charge is 0.481 e. The third kappa shape index (κ3) is 6.33. The second-order valence-electron chi connectivity index (χ2n) is 5.66. The maximum atomic E-state index is 12.9. The highest BCUT2D eigenvalue weighted by atomic mass is 19.1. The van der Waals surface area contributed by atoms with E-state index in [0.29, 0.717) is 18.7 Å². The molecule has 1 amide bonds. The molecule has 2 N–H and O–H groups in total. The van der Waals surface area contributed by atoms with E-state index in [1.807, 2.05) is 0 Å². The van der Waals surface area contributed by atoms with Crippen LogP contribution in [0.5, 0.6) is 0 Å². The number of aliphatic carboxylic acids is 1. The lowest BCUT2D eigenvalue weighted by atomic mass is 10.1. The first-order chi connectivity index (χ1) is 12.1. The van der Waals surface area contributed by atoms with Crippen LogP contribution in [-0.2, 0) is 4.79 Å². The van der Waals surface area contributed by atoms with Crippen molar-refractivity contribution in [2.45, 2.75) is 38.5 Å². The molecule has 1 heterocycles. The zero-order valence-electron chi connectivity index (χ0n) is 13.8. The van der Waals surface area contributed by atoms with E-state index >= 15 is 0 Å². The first-order valence-electron chi connectivity index (χ1n) is 8.24. The van der Waals surface area contributed by atoms with Gasteiger partial charge >= 0.3 is 5.97 Å². The summed E-state index contributed by atoms with van der Waals surface area (Å²) in [5, 5.41) is 19.4. The van der Waals surface area contributed by atoms with E-state index in [1.165, 1.54) is 35.3 Å². The fourth-order valence-electron chi connectivity index (χ4n) is 2.29. The average molecular weight is 348 g/mol. The topological polar surface area (TPSA) is 97.1 Å². The number of carboxylic acids is 1. The number of halogens is 1. The van der Waals surface area contributed by atoms with Gasteiger partial charge in [0.2, 0.25) is 0 Å². The van der Waals surface area contributed by atoms with Gasteiger partial charge in [0.25, 0.3) is 5.91 Å². The second kappa shape index (κ2) is 9.51. The lowest BCUT2D eigenvalue weighted by molar-refractivity contribution is -0.137. The molecular formula is C17H21FN4O3. The standard InChI is InChI=1S/C17H21FN4O3/c18-13-7-9-14(10-8-13)22-20-12-15(21-22)17(25)19-11-5-3-1-2-4-6-16(23)24/h7-10,12H,1-6,11H2,(H,19,25)(H,23,24). The van der Waals surface area contributed by atoms with Crippen LogP contribution in [0.15, 0.2) is 30.5 Å². The molecule has 0 aliphatic carbocycles. The molecule has 1 aromatic heterocycles. The normalized spacial score (nSPS) is 10.6. The predicted molar refractivity (Wildman–Crippen MR) is 89.0 cm³/mol. The molecule has 0 unspecified atom stereocenters. The lowest BCUT2D eigenvalue weighted by Gasteiger charge is -2.03. The van der Waals surface area contributed by atoms with Crippen LogP contribution in [-0.4, -0.2) is 38.5 Å². The highest BCUT2D eigenvalue weighted by Gasteiger charge is 2.10. The Hall–Kier alpha value is -2.77. The summed E-state index contributed by atoms with van der Waals surface area (Å²) in [6.45, 7) is 0.529. The smallest absolute Gasteiger partial charge is 0.303 e. The number of hydrogen-bond donors (Lipinski definition) is 2. The van der Waals surface area contributed by atoms with Crippen LogP contribution in [0, 0.1) is 5.82 Å². The first kappa shape index (κ1) is 18.6. The maximum Gasteiger partial charge on any atom is 0.303 e. The average Bonchev–Trinajstić information content (AvgIpc) is 3.07. The number of nitrogens with one attached hydrogen (secondary N) is 1. The summed E-state index contributed by atoms with van der Waals surface area (Å²) in [5.74, 6) is -1.42. The highest BCUT2D eigenvalue weighted by Crippen LogP contribution is 2.07. The molecule has 0 spiro atoms. The number of carbonyl (C=O) groups excluding carboxylic acids is 1. The van der Waals surface area contributed by atoms with Crippen molar-refractivity contribution in [1.29, 1.82) is 0 Å². The number of benzene rings is 1. The van der Waals surface area contributed by atoms with E-state index in [0.717, 1.165) is 25.7 Å². The summed E-state index contributed by atoms with van der Waals surface area (Å²) >= 11 is 0. The third-order valence-corrected chi connectivity index (χ3v) is 3.64. The Morgan fingerprint density at radius 2 is 1.76 bits per heavy atom. The van der Waals surface area contributed by atoms with Gasteiger partial charge in [-0.3, -0.25) is 9.59 Å². The van der Waals surface area contributed by atoms with Crippen molar-refractivity contribution in [2.24, 2.45) is 0 Å². The van der Waals surface area contributed by atoms with Gasteiger partial charge < -0.3 is 10.4 Å². The third-order valence-electron chi connectivity index (χ3n) is 3.64. The van der Waals surface area contributed by atoms with Gasteiger partial charge in [-0.15, -0.1) is 5.10 Å². The van der Waals surface area contributed by atoms with Gasteiger partial charge in [0.05, 0.1) is 11.9 Å². The summed E-state index contributed by atoms with van der Waals surface area (Å²) in [5.41, 5.74) is 0.771. The molecule has 134 valence electrons. The van der Waals surface area contributed by atoms with E-state index < -0.39 is 5.97 Å². The highest BCUT2D eigenvalue weighted by molar-refractivity contribution is 5.91. The van der Waals surface area contributed by atoms with Crippen molar-refractivity contribution in [2.75, 3.05) is 6.54 Å². The Labute approximate surface area is 144 Å². The molecule has 2 aromatic rings. The molecule has 0 atom stereocenters. The molecule has 2 rings (SSSR count). The molecule has 0 saturated carbocycles. The van der Waals surface area contributed by atoms with Gasteiger partial charge in [0.1, 0.15) is 5.82 Å². The number of amides is 1. The maximum absolute atomic E-state index is 12.9. The summed E-state index contributed by atoms with van der Waals surface area (Å²) in [6, 6.07) is 5.66. The van der Waals surface area contributed by atoms with Crippen LogP contribution in [0.4, 0.5) is 4.39 Å². The van der Waals surface area contributed by atoms with Gasteiger partial charge in [0.15, 0.2) is 5.69 Å². The lowest BCUT2D eigenvalue weighted by Crippen LogP contribution is -2.25. The quantitative estimate of drug-likeness (QED) is 0.643. The van der Waals surface area contributed by atoms with Crippen molar-refractivity contribution >= 4 is 11.9 Å². The van der Waals surface area contributed by atoms with Crippen molar-refractivity contribution in [1.82, 2.24) is 20.3 Å². The van der Waals surface area contributed by atoms with Crippen LogP contribution in [0.3, 0.4) is 0 Å². The Bertz CT molecular complexity index is 700. The van der Waals surface area contributed by atoms with Crippen molar-refractivity contribution in [3.05, 3.63) is 42.0 Å². The van der Waals surface area contributed by atoms with E-state index in [9.17, 15) is 14.0 Å². The van der Waals surface area contributed by atoms with E-state index in [1.54, 1.807) is 0 Å². The number of hydrogen-bond acceptors (Lipinski definition) is 4. The van der Waals surface area contributed by atoms with Crippen molar-refractivity contribution in [3.63, 3.8) is 0 Å². The minimum Gasteiger partial charge on any atom is -0.481 e. The van der Waals surface area contributed by atoms with Crippen molar-refractivity contribution < 1.29 is 19.1 Å². The Morgan fingerprint density at radius 1 is 1.08 bits per heavy atom. The number of rotatable bonds is 10. The zero-order valence-corrected chi connectivity index (χ0v) is 13.8. The van der Waals surface area contributed by atoms with Crippen LogP contribution in [0.2, 0.25) is 0 Å². The first-order valence-corrected chi connectivity index (χ1v) is 8.24. The van der Waals surface area contributed by atoms with Crippen LogP contribution < -0.4 is 5.32 Å². The summed E-state index contributed by atoms with van der Waals surface area (Å²) < 4.78 is 12.9. The molecule has 25 heavy (non-hydrogen) atoms. The minimum atomic E-state index is -0.763. The fourth-order valence-corrected chi connectivity index (χ4v) is 2.29. The summed E-state index contributed by atoms with van der Waals surface area (Å²) in [7, 11) is 0. The van der Waals surface area contributed by atoms with E-state index in [-0.39, 0.29) is 23.8 Å². The van der Waals surface area contributed by atoms with Gasteiger partial charge in [-0.2, -0.15) is 9.90 Å². The Morgan fingerprint density at radius 3 is 2.48 bits per heavy atom. The summed E-state index contributed by atoms with van der Waals surface area (Å²) in [4.78, 5) is 23.7. The fraction of sp³-hybridized carbons (Fsp3) is 0.412. The van der Waals surface area contributed by atoms with Crippen molar-refractivity contribution in [3.8, 4) is 5.69 Å². The molecular weight excluding hydrogens is 327 g/mol. The Balaban J connectivity index is 1.68. The number of carboxylic acid groups (broad SMARTS) is 1. The number of carbonyl (C=O) groups is 2. The zero-order chi connectivity index (χ0) is 18.1. The van der Waals surface area contributed by atoms with Crippen LogP contribution in [0.25, 0.3) is 5.69 Å². The monoisotopic (exact) mass is 348 g/mol. The molecule has 7 nitrogen and oxygen atoms in total. The molecule has 8 heteroatoms. The molecule has 0 fully saturated rings. The van der Waals surface area contributed by atoms with Gasteiger partial charge in [-0.1, -0.05) is 19.3 Å². The van der Waals surface area contributed by atoms with Crippen LogP contribution >= 0.6 is 0 Å². The van der Waals surface area contributed by atoms with E-state index in [4.69, 9.17) is 5.11 Å². The minimum absolute atomic E-state index is 0.200. The van der Waals surface area contributed by atoms with Gasteiger partial charge in [-0.05, 0) is 37.1 Å². The van der Waals surface area contributed by atoms with Gasteiger partial charge in [-0.25, -0.2) is 4.39 Å². The Kier molecular flexibility index (Phi) is 7.06. The molecule has 0 aliphatic rings. The SMILES string of the molecule is O=C(O)CCCCCCCNC(=O)c1cnn(-c2ccc(F)cc2)n1. The molecule has 0 radical (unpaired) electrons. The molecule has 0 saturated heterocycles. The predicted octanol–water partition coefficient (Wildman–Crippen LogP) is 2.56. The van der Waals surface area contributed by atoms with E-state index in [2.05, 4.69) is 15.5 Å². The summed E-state index contributed by atoms with van der Waals surface area (Å²) in [6.07, 6.45) is 5.85. The molecule has 0 bridgehead atoms. The molecule has 1 aromatic carbocycles.